The van der Waals surface area contributed by atoms with Gasteiger partial charge in [0.05, 0.1) is 5.54 Å². The predicted octanol–water partition coefficient (Wildman–Crippen LogP) is 1.88. The first-order valence-corrected chi connectivity index (χ1v) is 7.74. The minimum absolute atomic E-state index is 0.224. The molecule has 0 saturated heterocycles. The molecule has 1 aliphatic carbocycles. The highest BCUT2D eigenvalue weighted by Crippen LogP contribution is 2.25. The highest BCUT2D eigenvalue weighted by molar-refractivity contribution is 5.84. The summed E-state index contributed by atoms with van der Waals surface area (Å²) in [5, 5.41) is 3.43. The molecule has 1 amide bonds. The van der Waals surface area contributed by atoms with Crippen LogP contribution in [0, 0.1) is 0 Å². The minimum Gasteiger partial charge on any atom is -0.368 e. The second-order valence-electron chi connectivity index (χ2n) is 6.15. The van der Waals surface area contributed by atoms with E-state index >= 15 is 0 Å². The molecule has 1 aliphatic rings. The van der Waals surface area contributed by atoms with Gasteiger partial charge in [0.25, 0.3) is 0 Å². The highest BCUT2D eigenvalue weighted by atomic mass is 16.1. The summed E-state index contributed by atoms with van der Waals surface area (Å²) in [4.78, 5) is 14.2. The maximum absolute atomic E-state index is 11.8. The third-order valence-electron chi connectivity index (χ3n) is 4.18. The number of nitrogens with one attached hydrogen (secondary N) is 1. The van der Waals surface area contributed by atoms with E-state index in [9.17, 15) is 4.79 Å². The van der Waals surface area contributed by atoms with E-state index in [2.05, 4.69) is 31.0 Å². The standard InChI is InChI=1S/C15H31N3O/c1-5-7-10-18(6-2)12(3)11-15(4,14(16)19)17-13-8-9-13/h12-13,17H,5-11H2,1-4H3,(H2,16,19). The molecule has 112 valence electrons. The van der Waals surface area contributed by atoms with E-state index < -0.39 is 5.54 Å². The Balaban J connectivity index is 2.57. The molecule has 2 atom stereocenters. The van der Waals surface area contributed by atoms with Gasteiger partial charge in [-0.15, -0.1) is 0 Å². The van der Waals surface area contributed by atoms with Gasteiger partial charge in [-0.2, -0.15) is 0 Å². The van der Waals surface area contributed by atoms with Crippen LogP contribution in [0.2, 0.25) is 0 Å². The summed E-state index contributed by atoms with van der Waals surface area (Å²) in [6.07, 6.45) is 5.55. The topological polar surface area (TPSA) is 58.4 Å². The van der Waals surface area contributed by atoms with Crippen LogP contribution in [0.3, 0.4) is 0 Å². The number of carbonyl (C=O) groups excluding carboxylic acids is 1. The molecule has 2 unspecified atom stereocenters. The van der Waals surface area contributed by atoms with E-state index in [0.717, 1.165) is 19.5 Å². The van der Waals surface area contributed by atoms with E-state index in [1.54, 1.807) is 0 Å². The quantitative estimate of drug-likeness (QED) is 0.636. The van der Waals surface area contributed by atoms with Crippen molar-refractivity contribution >= 4 is 5.91 Å². The second kappa shape index (κ2) is 7.25. The van der Waals surface area contributed by atoms with Crippen LogP contribution in [0.1, 0.15) is 59.8 Å². The SMILES string of the molecule is CCCCN(CC)C(C)CC(C)(NC1CC1)C(N)=O. The normalized spacial score (nSPS) is 20.3. The summed E-state index contributed by atoms with van der Waals surface area (Å²) in [6, 6.07) is 0.871. The summed E-state index contributed by atoms with van der Waals surface area (Å²) in [5.74, 6) is -0.224. The van der Waals surface area contributed by atoms with Crippen LogP contribution in [0.25, 0.3) is 0 Å². The molecule has 0 aromatic carbocycles. The van der Waals surface area contributed by atoms with Crippen LogP contribution in [0.5, 0.6) is 0 Å². The van der Waals surface area contributed by atoms with Gasteiger partial charge < -0.3 is 16.0 Å². The number of hydrogen-bond donors (Lipinski definition) is 2. The van der Waals surface area contributed by atoms with E-state index in [1.807, 2.05) is 6.92 Å². The number of unbranched alkanes of at least 4 members (excludes halogenated alkanes) is 1. The Kier molecular flexibility index (Phi) is 6.27. The van der Waals surface area contributed by atoms with Crippen molar-refractivity contribution in [3.63, 3.8) is 0 Å². The molecule has 1 rings (SSSR count). The van der Waals surface area contributed by atoms with E-state index in [0.29, 0.717) is 12.1 Å². The first-order chi connectivity index (χ1) is 8.92. The maximum Gasteiger partial charge on any atom is 0.237 e. The number of amides is 1. The van der Waals surface area contributed by atoms with Crippen LogP contribution in [0.4, 0.5) is 0 Å². The largest absolute Gasteiger partial charge is 0.368 e. The molecule has 0 aliphatic heterocycles. The van der Waals surface area contributed by atoms with E-state index in [1.165, 1.54) is 25.7 Å². The number of primary amides is 1. The molecule has 0 radical (unpaired) electrons. The van der Waals surface area contributed by atoms with Gasteiger partial charge in [-0.1, -0.05) is 20.3 Å². The molecule has 1 saturated carbocycles. The third kappa shape index (κ3) is 5.11. The minimum atomic E-state index is -0.569. The summed E-state index contributed by atoms with van der Waals surface area (Å²) >= 11 is 0. The fourth-order valence-electron chi connectivity index (χ4n) is 2.68. The lowest BCUT2D eigenvalue weighted by Crippen LogP contribution is -2.57. The smallest absolute Gasteiger partial charge is 0.237 e. The first kappa shape index (κ1) is 16.4. The molecule has 3 N–H and O–H groups in total. The molecule has 0 aromatic heterocycles. The molecule has 1 fully saturated rings. The number of rotatable bonds is 10. The monoisotopic (exact) mass is 269 g/mol. The molecule has 0 heterocycles. The van der Waals surface area contributed by atoms with Crippen LogP contribution in [-0.2, 0) is 4.79 Å². The number of nitrogens with zero attached hydrogens (tertiary/aromatic N) is 1. The predicted molar refractivity (Wildman–Crippen MR) is 80.0 cm³/mol. The fourth-order valence-corrected chi connectivity index (χ4v) is 2.68. The van der Waals surface area contributed by atoms with E-state index in [4.69, 9.17) is 5.73 Å². The van der Waals surface area contributed by atoms with Gasteiger partial charge in [-0.3, -0.25) is 4.79 Å². The number of nitrogens with two attached hydrogens (primary N) is 1. The van der Waals surface area contributed by atoms with Crippen molar-refractivity contribution in [2.75, 3.05) is 13.1 Å². The third-order valence-corrected chi connectivity index (χ3v) is 4.18. The Morgan fingerprint density at radius 2 is 2.11 bits per heavy atom. The average Bonchev–Trinajstić information content (AvgIpc) is 3.13. The zero-order chi connectivity index (χ0) is 14.5. The summed E-state index contributed by atoms with van der Waals surface area (Å²) < 4.78 is 0. The van der Waals surface area contributed by atoms with Gasteiger partial charge in [0.15, 0.2) is 0 Å². The summed E-state index contributed by atoms with van der Waals surface area (Å²) in [6.45, 7) is 10.7. The number of hydrogen-bond acceptors (Lipinski definition) is 3. The highest BCUT2D eigenvalue weighted by Gasteiger charge is 2.38. The summed E-state index contributed by atoms with van der Waals surface area (Å²) in [5.41, 5.74) is 5.05. The van der Waals surface area contributed by atoms with Crippen molar-refractivity contribution in [3.05, 3.63) is 0 Å². The van der Waals surface area contributed by atoms with Crippen LogP contribution in [-0.4, -0.2) is 41.5 Å². The van der Waals surface area contributed by atoms with Crippen molar-refractivity contribution < 1.29 is 4.79 Å². The van der Waals surface area contributed by atoms with Gasteiger partial charge in [-0.05, 0) is 52.6 Å². The summed E-state index contributed by atoms with van der Waals surface area (Å²) in [7, 11) is 0. The molecule has 19 heavy (non-hydrogen) atoms. The Hall–Kier alpha value is -0.610. The Morgan fingerprint density at radius 3 is 2.53 bits per heavy atom. The zero-order valence-corrected chi connectivity index (χ0v) is 13.0. The zero-order valence-electron chi connectivity index (χ0n) is 13.0. The molecule has 0 bridgehead atoms. The average molecular weight is 269 g/mol. The molecular formula is C15H31N3O. The van der Waals surface area contributed by atoms with Crippen LogP contribution >= 0.6 is 0 Å². The van der Waals surface area contributed by atoms with E-state index in [-0.39, 0.29) is 5.91 Å². The number of carbonyl (C=O) groups is 1. The molecular weight excluding hydrogens is 238 g/mol. The van der Waals surface area contributed by atoms with Gasteiger partial charge >= 0.3 is 0 Å². The Morgan fingerprint density at radius 1 is 1.47 bits per heavy atom. The van der Waals surface area contributed by atoms with Crippen LogP contribution < -0.4 is 11.1 Å². The lowest BCUT2D eigenvalue weighted by atomic mass is 9.91. The molecule has 0 aromatic rings. The van der Waals surface area contributed by atoms with Crippen molar-refractivity contribution in [2.24, 2.45) is 5.73 Å². The first-order valence-electron chi connectivity index (χ1n) is 7.74. The van der Waals surface area contributed by atoms with Gasteiger partial charge in [0, 0.05) is 12.1 Å². The molecule has 4 nitrogen and oxygen atoms in total. The fraction of sp³-hybridized carbons (Fsp3) is 0.933. The van der Waals surface area contributed by atoms with Crippen molar-refractivity contribution in [1.82, 2.24) is 10.2 Å². The van der Waals surface area contributed by atoms with Crippen molar-refractivity contribution in [1.29, 1.82) is 0 Å². The van der Waals surface area contributed by atoms with Crippen molar-refractivity contribution in [2.45, 2.75) is 77.4 Å². The van der Waals surface area contributed by atoms with Crippen LogP contribution in [0.15, 0.2) is 0 Å². The second-order valence-corrected chi connectivity index (χ2v) is 6.15. The molecule has 4 heteroatoms. The molecule has 0 spiro atoms. The Labute approximate surface area is 118 Å². The van der Waals surface area contributed by atoms with Crippen molar-refractivity contribution in [3.8, 4) is 0 Å². The Bertz CT molecular complexity index is 291. The maximum atomic E-state index is 11.8. The van der Waals surface area contributed by atoms with Gasteiger partial charge in [0.2, 0.25) is 5.91 Å². The van der Waals surface area contributed by atoms with Gasteiger partial charge in [-0.25, -0.2) is 0 Å². The van der Waals surface area contributed by atoms with Gasteiger partial charge in [0.1, 0.15) is 0 Å². The lowest BCUT2D eigenvalue weighted by Gasteiger charge is -2.35. The lowest BCUT2D eigenvalue weighted by molar-refractivity contribution is -0.124.